The second-order valence-electron chi connectivity index (χ2n) is 10.3. The number of carbonyl (C=O) groups excluding carboxylic acids is 2. The summed E-state index contributed by atoms with van der Waals surface area (Å²) >= 11 is 0. The summed E-state index contributed by atoms with van der Waals surface area (Å²) in [6.07, 6.45) is 7.83. The van der Waals surface area contributed by atoms with Gasteiger partial charge in [-0.1, -0.05) is 0 Å². The molecule has 1 spiro atoms. The van der Waals surface area contributed by atoms with Crippen molar-refractivity contribution in [3.8, 4) is 5.75 Å². The molecule has 2 saturated carbocycles. The van der Waals surface area contributed by atoms with E-state index in [0.29, 0.717) is 17.9 Å². The highest BCUT2D eigenvalue weighted by molar-refractivity contribution is 5.94. The van der Waals surface area contributed by atoms with E-state index in [9.17, 15) is 18.4 Å². The van der Waals surface area contributed by atoms with Gasteiger partial charge in [-0.3, -0.25) is 4.79 Å². The van der Waals surface area contributed by atoms with Crippen molar-refractivity contribution in [3.05, 3.63) is 29.3 Å². The Morgan fingerprint density at radius 3 is 2.38 bits per heavy atom. The first kappa shape index (κ1) is 24.7. The lowest BCUT2D eigenvalue weighted by molar-refractivity contribution is -0.0231. The van der Waals surface area contributed by atoms with Crippen LogP contribution < -0.4 is 10.1 Å². The van der Waals surface area contributed by atoms with Crippen LogP contribution in [0.3, 0.4) is 0 Å². The van der Waals surface area contributed by atoms with E-state index in [1.54, 1.807) is 0 Å². The number of carbonyl (C=O) groups is 2. The van der Waals surface area contributed by atoms with E-state index >= 15 is 0 Å². The second-order valence-corrected chi connectivity index (χ2v) is 10.3. The number of benzene rings is 1. The van der Waals surface area contributed by atoms with Crippen LogP contribution in [0.1, 0.15) is 68.6 Å². The Hall–Kier alpha value is -2.42. The highest BCUT2D eigenvalue weighted by Gasteiger charge is 2.47. The lowest BCUT2D eigenvalue weighted by Gasteiger charge is -2.52. The molecule has 2 N–H and O–H groups in total. The number of hydrogen-bond donors (Lipinski definition) is 2. The molecular formula is C25H34F2N2O5. The van der Waals surface area contributed by atoms with Crippen molar-refractivity contribution in [2.75, 3.05) is 32.8 Å². The van der Waals surface area contributed by atoms with E-state index in [1.165, 1.54) is 0 Å². The summed E-state index contributed by atoms with van der Waals surface area (Å²) in [5.74, 6) is -2.23. The molecule has 3 fully saturated rings. The van der Waals surface area contributed by atoms with Gasteiger partial charge in [0, 0.05) is 31.8 Å². The fourth-order valence-electron chi connectivity index (χ4n) is 5.16. The summed E-state index contributed by atoms with van der Waals surface area (Å²) in [5, 5.41) is 11.0. The average molecular weight is 481 g/mol. The Morgan fingerprint density at radius 2 is 1.79 bits per heavy atom. The molecule has 34 heavy (non-hydrogen) atoms. The molecule has 0 aromatic heterocycles. The van der Waals surface area contributed by atoms with Crippen molar-refractivity contribution >= 4 is 12.0 Å². The van der Waals surface area contributed by atoms with Crippen molar-refractivity contribution in [1.29, 1.82) is 0 Å². The maximum atomic E-state index is 14.2. The van der Waals surface area contributed by atoms with Gasteiger partial charge in [-0.25, -0.2) is 13.6 Å². The summed E-state index contributed by atoms with van der Waals surface area (Å²) in [6.45, 7) is 3.45. The summed E-state index contributed by atoms with van der Waals surface area (Å²) in [7, 11) is 0. The molecular weight excluding hydrogens is 446 g/mol. The first-order valence-corrected chi connectivity index (χ1v) is 12.2. The van der Waals surface area contributed by atoms with Crippen LogP contribution in [-0.4, -0.2) is 60.5 Å². The zero-order valence-corrected chi connectivity index (χ0v) is 19.7. The monoisotopic (exact) mass is 480 g/mol. The van der Waals surface area contributed by atoms with E-state index in [4.69, 9.17) is 14.6 Å². The number of likely N-dealkylation sites (tertiary alicyclic amines) is 1. The van der Waals surface area contributed by atoms with Gasteiger partial charge in [0.2, 0.25) is 0 Å². The molecule has 1 heterocycles. The van der Waals surface area contributed by atoms with Gasteiger partial charge < -0.3 is 24.8 Å². The van der Waals surface area contributed by atoms with Gasteiger partial charge in [-0.2, -0.15) is 0 Å². The minimum absolute atomic E-state index is 0.0538. The summed E-state index contributed by atoms with van der Waals surface area (Å²) in [4.78, 5) is 25.9. The van der Waals surface area contributed by atoms with Gasteiger partial charge in [-0.05, 0) is 69.6 Å². The zero-order valence-electron chi connectivity index (χ0n) is 19.7. The minimum Gasteiger partial charge on any atom is -0.493 e. The van der Waals surface area contributed by atoms with Gasteiger partial charge >= 0.3 is 6.09 Å². The molecule has 1 aromatic carbocycles. The molecule has 1 aromatic rings. The zero-order chi connectivity index (χ0) is 24.3. The first-order valence-electron chi connectivity index (χ1n) is 12.2. The van der Waals surface area contributed by atoms with Gasteiger partial charge in [0.05, 0.1) is 13.2 Å². The largest absolute Gasteiger partial charge is 0.493 e. The summed E-state index contributed by atoms with van der Waals surface area (Å²) in [6, 6.07) is 2.02. The molecule has 188 valence electrons. The SMILES string of the molecule is CC1(OC(=O)N2CCC3(CC2)CC(CCCOc2cc(F)c(C(=O)NCCO)c(F)c2)C3)CC1. The third kappa shape index (κ3) is 5.79. The van der Waals surface area contributed by atoms with Gasteiger partial charge in [0.1, 0.15) is 28.5 Å². The van der Waals surface area contributed by atoms with Gasteiger partial charge in [-0.15, -0.1) is 0 Å². The van der Waals surface area contributed by atoms with Crippen LogP contribution in [0.5, 0.6) is 5.75 Å². The van der Waals surface area contributed by atoms with Crippen molar-refractivity contribution in [3.63, 3.8) is 0 Å². The number of nitrogens with one attached hydrogen (secondary N) is 1. The molecule has 4 rings (SSSR count). The number of halogens is 2. The molecule has 2 amide bonds. The van der Waals surface area contributed by atoms with Crippen LogP contribution in [0.25, 0.3) is 0 Å². The van der Waals surface area contributed by atoms with E-state index in [1.807, 2.05) is 11.8 Å². The molecule has 0 atom stereocenters. The molecule has 2 aliphatic carbocycles. The van der Waals surface area contributed by atoms with E-state index in [2.05, 4.69) is 5.32 Å². The van der Waals surface area contributed by atoms with Crippen molar-refractivity contribution in [2.45, 2.75) is 63.9 Å². The van der Waals surface area contributed by atoms with Crippen LogP contribution in [0.2, 0.25) is 0 Å². The highest BCUT2D eigenvalue weighted by atomic mass is 19.1. The quantitative estimate of drug-likeness (QED) is 0.521. The third-order valence-electron chi connectivity index (χ3n) is 7.48. The number of hydrogen-bond acceptors (Lipinski definition) is 5. The van der Waals surface area contributed by atoms with E-state index < -0.39 is 23.1 Å². The van der Waals surface area contributed by atoms with Crippen molar-refractivity contribution in [1.82, 2.24) is 10.2 Å². The lowest BCUT2D eigenvalue weighted by Crippen LogP contribution is -2.49. The Labute approximate surface area is 198 Å². The molecule has 3 aliphatic rings. The molecule has 1 aliphatic heterocycles. The number of rotatable bonds is 9. The molecule has 7 nitrogen and oxygen atoms in total. The molecule has 0 unspecified atom stereocenters. The number of ether oxygens (including phenoxy) is 2. The van der Waals surface area contributed by atoms with E-state index in [0.717, 1.165) is 76.6 Å². The maximum Gasteiger partial charge on any atom is 0.410 e. The topological polar surface area (TPSA) is 88.1 Å². The highest BCUT2D eigenvalue weighted by Crippen LogP contribution is 2.54. The fraction of sp³-hybridized carbons (Fsp3) is 0.680. The Kier molecular flexibility index (Phi) is 7.31. The van der Waals surface area contributed by atoms with Crippen LogP contribution >= 0.6 is 0 Å². The first-order chi connectivity index (χ1) is 16.2. The van der Waals surface area contributed by atoms with Gasteiger partial charge in [0.25, 0.3) is 5.91 Å². The second kappa shape index (κ2) is 10.1. The number of amides is 2. The predicted molar refractivity (Wildman–Crippen MR) is 121 cm³/mol. The minimum atomic E-state index is -0.993. The number of nitrogens with zero attached hydrogens (tertiary/aromatic N) is 1. The molecule has 9 heteroatoms. The van der Waals surface area contributed by atoms with Crippen LogP contribution in [0.15, 0.2) is 12.1 Å². The fourth-order valence-corrected chi connectivity index (χ4v) is 5.16. The van der Waals surface area contributed by atoms with Gasteiger partial charge in [0.15, 0.2) is 0 Å². The smallest absolute Gasteiger partial charge is 0.410 e. The van der Waals surface area contributed by atoms with Crippen molar-refractivity contribution in [2.24, 2.45) is 11.3 Å². The van der Waals surface area contributed by atoms with Crippen LogP contribution in [0.4, 0.5) is 13.6 Å². The van der Waals surface area contributed by atoms with Crippen LogP contribution in [0, 0.1) is 23.0 Å². The average Bonchev–Trinajstić information content (AvgIpc) is 3.50. The van der Waals surface area contributed by atoms with E-state index in [-0.39, 0.29) is 30.6 Å². The summed E-state index contributed by atoms with van der Waals surface area (Å²) in [5.41, 5.74) is -0.573. The lowest BCUT2D eigenvalue weighted by atomic mass is 9.56. The number of piperidine rings is 1. The third-order valence-corrected chi connectivity index (χ3v) is 7.48. The Bertz CT molecular complexity index is 882. The maximum absolute atomic E-state index is 14.2. The van der Waals surface area contributed by atoms with Crippen LogP contribution in [-0.2, 0) is 4.74 Å². The standard InChI is InChI=1S/C25H34F2N2O5/c1-24(4-5-24)34-23(32)29-9-6-25(7-10-29)15-17(16-25)3-2-12-33-18-13-19(26)21(20(27)14-18)22(31)28-8-11-30/h13-14,17,30H,2-12,15-16H2,1H3,(H,28,31). The predicted octanol–water partition coefficient (Wildman–Crippen LogP) is 4.03. The Morgan fingerprint density at radius 1 is 1.15 bits per heavy atom. The molecule has 0 radical (unpaired) electrons. The Balaban J connectivity index is 1.14. The normalized spacial score (nSPS) is 20.5. The molecule has 0 bridgehead atoms. The summed E-state index contributed by atoms with van der Waals surface area (Å²) < 4.78 is 39.4. The van der Waals surface area contributed by atoms with Crippen molar-refractivity contribution < 1.29 is 33.0 Å². The number of aliphatic hydroxyl groups is 1. The number of aliphatic hydroxyl groups excluding tert-OH is 1. The molecule has 1 saturated heterocycles.